The zero-order valence-electron chi connectivity index (χ0n) is 33.9. The van der Waals surface area contributed by atoms with Crippen LogP contribution in [0.15, 0.2) is 72.9 Å². The van der Waals surface area contributed by atoms with Crippen LogP contribution in [0.4, 0.5) is 0 Å². The van der Waals surface area contributed by atoms with Gasteiger partial charge in [-0.2, -0.15) is 0 Å². The predicted octanol–water partition coefficient (Wildman–Crippen LogP) is 11.9. The predicted molar refractivity (Wildman–Crippen MR) is 224 cm³/mol. The topological polar surface area (TPSA) is 134 Å². The summed E-state index contributed by atoms with van der Waals surface area (Å²) in [5.41, 5.74) is 5.33. The molecule has 0 aromatic carbocycles. The van der Waals surface area contributed by atoms with Crippen molar-refractivity contribution in [2.45, 2.75) is 168 Å². The molecule has 54 heavy (non-hydrogen) atoms. The second kappa shape index (κ2) is 40.1. The Bertz CT molecular complexity index is 1110. The molecule has 0 aromatic rings. The van der Waals surface area contributed by atoms with Crippen LogP contribution in [0, 0.1) is 0 Å². The molecule has 0 rings (SSSR count). The Labute approximate surface area is 329 Å². The van der Waals surface area contributed by atoms with E-state index in [-0.39, 0.29) is 32.6 Å². The smallest absolute Gasteiger partial charge is 0.462 e. The molecule has 9 nitrogen and oxygen atoms in total. The van der Waals surface area contributed by atoms with Gasteiger partial charge in [0.15, 0.2) is 6.10 Å². The van der Waals surface area contributed by atoms with Gasteiger partial charge in [-0.05, 0) is 51.4 Å². The number of unbranched alkanes of at least 4 members (excludes halogenated alkanes) is 17. The summed E-state index contributed by atoms with van der Waals surface area (Å²) in [6, 6.07) is 0. The van der Waals surface area contributed by atoms with E-state index in [1.165, 1.54) is 83.5 Å². The molecule has 0 amide bonds. The van der Waals surface area contributed by atoms with Crippen molar-refractivity contribution in [3.8, 4) is 0 Å². The minimum Gasteiger partial charge on any atom is -0.462 e. The lowest BCUT2D eigenvalue weighted by Crippen LogP contribution is -2.29. The van der Waals surface area contributed by atoms with Crippen LogP contribution in [0.5, 0.6) is 0 Å². The first kappa shape index (κ1) is 51.5. The third kappa shape index (κ3) is 39.2. The molecular formula is C44H76NO8P. The summed E-state index contributed by atoms with van der Waals surface area (Å²) < 4.78 is 32.6. The highest BCUT2D eigenvalue weighted by Gasteiger charge is 2.25. The quantitative estimate of drug-likeness (QED) is 0.0206. The summed E-state index contributed by atoms with van der Waals surface area (Å²) in [4.78, 5) is 34.8. The maximum absolute atomic E-state index is 12.5. The fourth-order valence-electron chi connectivity index (χ4n) is 5.36. The fourth-order valence-corrected chi connectivity index (χ4v) is 6.13. The molecule has 0 aromatic heterocycles. The van der Waals surface area contributed by atoms with Crippen molar-refractivity contribution in [3.05, 3.63) is 72.9 Å². The van der Waals surface area contributed by atoms with Gasteiger partial charge in [0.05, 0.1) is 13.2 Å². The van der Waals surface area contributed by atoms with E-state index in [0.29, 0.717) is 19.3 Å². The summed E-state index contributed by atoms with van der Waals surface area (Å²) in [5.74, 6) is -0.926. The molecule has 2 atom stereocenters. The Balaban J connectivity index is 4.22. The standard InChI is InChI=1S/C44H76NO8P/c1-3-5-7-9-11-13-15-17-18-19-20-21-22-23-25-26-28-30-32-34-36-43(46)50-40-42(41-52-54(48,49)51-39-38-45)53-44(47)37-35-33-31-29-27-24-16-14-12-10-8-6-4-2/h6,8,10,12,14,16,20-21,24,27,29,31,42H,3-5,7,9,11,13,15,17-19,22-23,25-26,28,30,32-41,45H2,1-2H3,(H,48,49)/b8-6+,12-10+,16-14+,21-20+,27-24+,31-29+. The molecule has 2 unspecified atom stereocenters. The molecule has 0 saturated carbocycles. The Hall–Kier alpha value is -2.55. The van der Waals surface area contributed by atoms with Crippen molar-refractivity contribution in [1.29, 1.82) is 0 Å². The van der Waals surface area contributed by atoms with Crippen molar-refractivity contribution >= 4 is 19.8 Å². The van der Waals surface area contributed by atoms with Gasteiger partial charge in [-0.15, -0.1) is 0 Å². The summed E-state index contributed by atoms with van der Waals surface area (Å²) >= 11 is 0. The van der Waals surface area contributed by atoms with Gasteiger partial charge in [0.25, 0.3) is 0 Å². The fraction of sp³-hybridized carbons (Fsp3) is 0.682. The first-order chi connectivity index (χ1) is 26.3. The number of ether oxygens (including phenoxy) is 2. The molecule has 10 heteroatoms. The largest absolute Gasteiger partial charge is 0.472 e. The molecular weight excluding hydrogens is 701 g/mol. The third-order valence-electron chi connectivity index (χ3n) is 8.45. The highest BCUT2D eigenvalue weighted by atomic mass is 31.2. The van der Waals surface area contributed by atoms with Crippen LogP contribution >= 0.6 is 7.82 Å². The van der Waals surface area contributed by atoms with E-state index in [1.54, 1.807) is 0 Å². The number of nitrogens with two attached hydrogens (primary N) is 1. The van der Waals surface area contributed by atoms with Crippen LogP contribution < -0.4 is 5.73 Å². The number of esters is 2. The van der Waals surface area contributed by atoms with Gasteiger partial charge in [0.1, 0.15) is 6.61 Å². The van der Waals surface area contributed by atoms with Crippen molar-refractivity contribution in [3.63, 3.8) is 0 Å². The van der Waals surface area contributed by atoms with E-state index < -0.39 is 32.5 Å². The van der Waals surface area contributed by atoms with E-state index in [4.69, 9.17) is 24.3 Å². The number of allylic oxidation sites excluding steroid dienone is 12. The molecule has 0 aliphatic carbocycles. The third-order valence-corrected chi connectivity index (χ3v) is 9.44. The van der Waals surface area contributed by atoms with Gasteiger partial charge in [0.2, 0.25) is 0 Å². The van der Waals surface area contributed by atoms with Gasteiger partial charge in [-0.3, -0.25) is 18.6 Å². The monoisotopic (exact) mass is 778 g/mol. The maximum Gasteiger partial charge on any atom is 0.472 e. The zero-order valence-corrected chi connectivity index (χ0v) is 34.8. The number of hydrogen-bond acceptors (Lipinski definition) is 8. The summed E-state index contributed by atoms with van der Waals surface area (Å²) in [5, 5.41) is 0. The van der Waals surface area contributed by atoms with E-state index in [9.17, 15) is 19.0 Å². The molecule has 310 valence electrons. The molecule has 0 radical (unpaired) electrons. The highest BCUT2D eigenvalue weighted by Crippen LogP contribution is 2.43. The van der Waals surface area contributed by atoms with Crippen molar-refractivity contribution < 1.29 is 37.6 Å². The first-order valence-corrected chi connectivity index (χ1v) is 22.5. The number of phosphoric acid groups is 1. The van der Waals surface area contributed by atoms with Crippen LogP contribution in [0.3, 0.4) is 0 Å². The Morgan fingerprint density at radius 2 is 1.06 bits per heavy atom. The number of carbonyl (C=O) groups is 2. The summed E-state index contributed by atoms with van der Waals surface area (Å²) in [6.07, 6.45) is 48.1. The molecule has 0 bridgehead atoms. The Morgan fingerprint density at radius 1 is 0.574 bits per heavy atom. The van der Waals surface area contributed by atoms with Gasteiger partial charge in [0, 0.05) is 19.4 Å². The van der Waals surface area contributed by atoms with Crippen LogP contribution in [0.1, 0.15) is 162 Å². The molecule has 0 fully saturated rings. The molecule has 0 spiro atoms. The molecule has 0 saturated heterocycles. The van der Waals surface area contributed by atoms with Crippen molar-refractivity contribution in [1.82, 2.24) is 0 Å². The number of carbonyl (C=O) groups excluding carboxylic acids is 2. The normalized spacial score (nSPS) is 14.1. The number of rotatable bonds is 38. The van der Waals surface area contributed by atoms with Crippen LogP contribution in [-0.4, -0.2) is 49.3 Å². The highest BCUT2D eigenvalue weighted by molar-refractivity contribution is 7.47. The second-order valence-electron chi connectivity index (χ2n) is 13.6. The van der Waals surface area contributed by atoms with Crippen molar-refractivity contribution in [2.24, 2.45) is 5.73 Å². The number of hydrogen-bond donors (Lipinski definition) is 2. The zero-order chi connectivity index (χ0) is 39.6. The van der Waals surface area contributed by atoms with Crippen LogP contribution in [0.2, 0.25) is 0 Å². The lowest BCUT2D eigenvalue weighted by Gasteiger charge is -2.19. The van der Waals surface area contributed by atoms with Gasteiger partial charge in [-0.25, -0.2) is 4.57 Å². The summed E-state index contributed by atoms with van der Waals surface area (Å²) in [6.45, 7) is 3.48. The molecule has 0 heterocycles. The molecule has 0 aliphatic heterocycles. The first-order valence-electron chi connectivity index (χ1n) is 21.0. The van der Waals surface area contributed by atoms with E-state index in [0.717, 1.165) is 32.1 Å². The van der Waals surface area contributed by atoms with E-state index >= 15 is 0 Å². The van der Waals surface area contributed by atoms with E-state index in [1.807, 2.05) is 54.7 Å². The summed E-state index contributed by atoms with van der Waals surface area (Å²) in [7, 11) is -4.40. The van der Waals surface area contributed by atoms with Crippen molar-refractivity contribution in [2.75, 3.05) is 26.4 Å². The van der Waals surface area contributed by atoms with Crippen LogP contribution in [-0.2, 0) is 32.7 Å². The molecule has 0 aliphatic rings. The second-order valence-corrected chi connectivity index (χ2v) is 15.0. The maximum atomic E-state index is 12.5. The average Bonchev–Trinajstić information content (AvgIpc) is 3.16. The lowest BCUT2D eigenvalue weighted by atomic mass is 10.1. The SMILES string of the molecule is CC/C=C/C=C/C=C/C=C/C=C/CCCC(=O)OC(COC(=O)CCCCCCCCC/C=C/CCCCCCCCCCC)COP(=O)(O)OCCN. The Morgan fingerprint density at radius 3 is 1.61 bits per heavy atom. The van der Waals surface area contributed by atoms with Gasteiger partial charge in [-0.1, -0.05) is 170 Å². The minimum atomic E-state index is -4.40. The average molecular weight is 778 g/mol. The van der Waals surface area contributed by atoms with Gasteiger partial charge >= 0.3 is 19.8 Å². The van der Waals surface area contributed by atoms with Crippen LogP contribution in [0.25, 0.3) is 0 Å². The minimum absolute atomic E-state index is 0.0380. The van der Waals surface area contributed by atoms with Gasteiger partial charge < -0.3 is 20.1 Å². The number of phosphoric ester groups is 1. The molecule has 3 N–H and O–H groups in total. The lowest BCUT2D eigenvalue weighted by molar-refractivity contribution is -0.161. The Kier molecular flexibility index (Phi) is 38.2. The van der Waals surface area contributed by atoms with E-state index in [2.05, 4.69) is 32.1 Å².